The minimum Gasteiger partial charge on any atom is -0.455 e. The van der Waals surface area contributed by atoms with Gasteiger partial charge in [-0.2, -0.15) is 0 Å². The fourth-order valence-corrected chi connectivity index (χ4v) is 4.68. The molecule has 0 saturated heterocycles. The van der Waals surface area contributed by atoms with Crippen LogP contribution < -0.4 is 9.92 Å². The quantitative estimate of drug-likeness (QED) is 0.604. The average Bonchev–Trinajstić information content (AvgIpc) is 2.34. The van der Waals surface area contributed by atoms with Gasteiger partial charge >= 0.3 is 0 Å². The van der Waals surface area contributed by atoms with Crippen molar-refractivity contribution in [1.82, 2.24) is 0 Å². The van der Waals surface area contributed by atoms with E-state index in [9.17, 15) is 0 Å². The molecule has 3 heteroatoms. The summed E-state index contributed by atoms with van der Waals surface area (Å²) >= 11 is 1.81. The van der Waals surface area contributed by atoms with E-state index >= 15 is 0 Å². The van der Waals surface area contributed by atoms with Gasteiger partial charge in [0.2, 0.25) is 0 Å². The molecule has 0 saturated carbocycles. The first-order chi connectivity index (χ1) is 8.55. The van der Waals surface area contributed by atoms with Crippen LogP contribution in [0.1, 0.15) is 0 Å². The zero-order chi connectivity index (χ0) is 12.8. The average molecular weight is 272 g/mol. The number of fused-ring (bicyclic) bond motifs is 2. The molecule has 1 nitrogen and oxygen atoms in total. The molecule has 92 valence electrons. The lowest BCUT2D eigenvalue weighted by Gasteiger charge is -2.26. The monoisotopic (exact) mass is 272 g/mol. The molecule has 0 aliphatic carbocycles. The highest BCUT2D eigenvalue weighted by atomic mass is 32.2. The summed E-state index contributed by atoms with van der Waals surface area (Å²) in [5, 5.41) is 1.40. The molecule has 2 aromatic rings. The van der Waals surface area contributed by atoms with Crippen molar-refractivity contribution in [1.29, 1.82) is 0 Å². The molecular formula is C15H16OSSi. The molecule has 0 N–H and O–H groups in total. The van der Waals surface area contributed by atoms with Crippen molar-refractivity contribution in [3.05, 3.63) is 42.5 Å². The predicted molar refractivity (Wildman–Crippen MR) is 80.1 cm³/mol. The number of ether oxygens (including phenoxy) is 1. The third-order valence-corrected chi connectivity index (χ3v) is 6.18. The topological polar surface area (TPSA) is 9.23 Å². The van der Waals surface area contributed by atoms with Crippen LogP contribution in [0, 0.1) is 0 Å². The minimum absolute atomic E-state index is 0.987. The Labute approximate surface area is 113 Å². The molecule has 3 rings (SSSR count). The van der Waals surface area contributed by atoms with Crippen LogP contribution in [-0.2, 0) is 0 Å². The maximum absolute atomic E-state index is 6.15. The zero-order valence-electron chi connectivity index (χ0n) is 10.9. The van der Waals surface area contributed by atoms with Crippen molar-refractivity contribution < 1.29 is 4.74 Å². The highest BCUT2D eigenvalue weighted by molar-refractivity contribution is 7.99. The van der Waals surface area contributed by atoms with Gasteiger partial charge in [0.1, 0.15) is 11.5 Å². The van der Waals surface area contributed by atoms with Gasteiger partial charge in [-0.05, 0) is 23.4 Å². The maximum Gasteiger partial charge on any atom is 0.141 e. The van der Waals surface area contributed by atoms with Crippen molar-refractivity contribution in [3.8, 4) is 11.5 Å². The van der Waals surface area contributed by atoms with Gasteiger partial charge < -0.3 is 4.74 Å². The molecule has 1 heterocycles. The summed E-state index contributed by atoms with van der Waals surface area (Å²) in [6, 6.07) is 14.8. The highest BCUT2D eigenvalue weighted by Crippen LogP contribution is 2.46. The normalized spacial score (nSPS) is 13.5. The van der Waals surface area contributed by atoms with Crippen molar-refractivity contribution in [3.63, 3.8) is 0 Å². The molecule has 0 radical (unpaired) electrons. The lowest BCUT2D eigenvalue weighted by molar-refractivity contribution is 0.458. The van der Waals surface area contributed by atoms with Crippen LogP contribution >= 0.6 is 11.8 Å². The van der Waals surface area contributed by atoms with E-state index in [1.165, 1.54) is 15.0 Å². The first-order valence-electron chi connectivity index (χ1n) is 6.14. The SMILES string of the molecule is C[Si](C)(C)c1cccc2c1Oc1ccccc1S2. The van der Waals surface area contributed by atoms with Crippen LogP contribution in [0.2, 0.25) is 19.6 Å². The predicted octanol–water partition coefficient (Wildman–Crippen LogP) is 4.49. The third kappa shape index (κ3) is 1.97. The minimum atomic E-state index is -1.37. The molecule has 0 unspecified atom stereocenters. The Balaban J connectivity index is 2.14. The van der Waals surface area contributed by atoms with E-state index < -0.39 is 8.07 Å². The Morgan fingerprint density at radius 1 is 0.889 bits per heavy atom. The highest BCUT2D eigenvalue weighted by Gasteiger charge is 2.26. The van der Waals surface area contributed by atoms with Crippen LogP contribution in [0.25, 0.3) is 0 Å². The van der Waals surface area contributed by atoms with E-state index in [4.69, 9.17) is 4.74 Å². The third-order valence-electron chi connectivity index (χ3n) is 3.07. The van der Waals surface area contributed by atoms with Gasteiger partial charge in [-0.15, -0.1) is 0 Å². The van der Waals surface area contributed by atoms with Crippen LogP contribution in [-0.4, -0.2) is 8.07 Å². The second kappa shape index (κ2) is 4.18. The summed E-state index contributed by atoms with van der Waals surface area (Å²) in [4.78, 5) is 2.45. The summed E-state index contributed by atoms with van der Waals surface area (Å²) in [5.41, 5.74) is 0. The Morgan fingerprint density at radius 2 is 1.61 bits per heavy atom. The Hall–Kier alpha value is -1.19. The smallest absolute Gasteiger partial charge is 0.141 e. The van der Waals surface area contributed by atoms with Crippen LogP contribution in [0.3, 0.4) is 0 Å². The van der Waals surface area contributed by atoms with E-state index in [1.807, 2.05) is 23.9 Å². The molecule has 0 spiro atoms. The lowest BCUT2D eigenvalue weighted by atomic mass is 10.3. The van der Waals surface area contributed by atoms with Gasteiger partial charge in [-0.25, -0.2) is 0 Å². The standard InChI is InChI=1S/C15H16OSSi/c1-18(2,3)14-10-6-9-13-15(14)16-11-7-4-5-8-12(11)17-13/h4-10H,1-3H3. The largest absolute Gasteiger partial charge is 0.455 e. The van der Waals surface area contributed by atoms with Gasteiger partial charge in [-0.3, -0.25) is 0 Å². The molecule has 0 aromatic heterocycles. The van der Waals surface area contributed by atoms with E-state index in [2.05, 4.69) is 50.0 Å². The van der Waals surface area contributed by atoms with Gasteiger partial charge in [0, 0.05) is 0 Å². The van der Waals surface area contributed by atoms with E-state index in [-0.39, 0.29) is 0 Å². The molecule has 0 fully saturated rings. The molecule has 0 amide bonds. The van der Waals surface area contributed by atoms with E-state index in [0.29, 0.717) is 0 Å². The second-order valence-corrected chi connectivity index (χ2v) is 11.7. The van der Waals surface area contributed by atoms with Gasteiger partial charge in [0.15, 0.2) is 0 Å². The van der Waals surface area contributed by atoms with Crippen molar-refractivity contribution in [2.45, 2.75) is 29.4 Å². The maximum atomic E-state index is 6.15. The first kappa shape index (κ1) is 11.9. The summed E-state index contributed by atoms with van der Waals surface area (Å²) < 4.78 is 6.15. The van der Waals surface area contributed by atoms with E-state index in [1.54, 1.807) is 0 Å². The number of hydrogen-bond donors (Lipinski definition) is 0. The zero-order valence-corrected chi connectivity index (χ0v) is 12.7. The van der Waals surface area contributed by atoms with Crippen molar-refractivity contribution in [2.75, 3.05) is 0 Å². The fraction of sp³-hybridized carbons (Fsp3) is 0.200. The molecule has 0 atom stereocenters. The molecule has 18 heavy (non-hydrogen) atoms. The molecule has 2 aromatic carbocycles. The molecular weight excluding hydrogens is 256 g/mol. The summed E-state index contributed by atoms with van der Waals surface area (Å²) in [5.74, 6) is 2.07. The number of benzene rings is 2. The number of rotatable bonds is 1. The Bertz CT molecular complexity index is 602. The number of hydrogen-bond acceptors (Lipinski definition) is 2. The van der Waals surface area contributed by atoms with Crippen molar-refractivity contribution >= 4 is 25.0 Å². The van der Waals surface area contributed by atoms with Gasteiger partial charge in [-0.1, -0.05) is 55.7 Å². The second-order valence-electron chi connectivity index (χ2n) is 5.53. The lowest BCUT2D eigenvalue weighted by Crippen LogP contribution is -2.38. The summed E-state index contributed by atoms with van der Waals surface area (Å²) in [6.07, 6.45) is 0. The summed E-state index contributed by atoms with van der Waals surface area (Å²) in [6.45, 7) is 7.07. The fourth-order valence-electron chi connectivity index (χ4n) is 2.14. The van der Waals surface area contributed by atoms with Crippen LogP contribution in [0.15, 0.2) is 52.3 Å². The van der Waals surface area contributed by atoms with Crippen LogP contribution in [0.4, 0.5) is 0 Å². The van der Waals surface area contributed by atoms with Crippen molar-refractivity contribution in [2.24, 2.45) is 0 Å². The van der Waals surface area contributed by atoms with Gasteiger partial charge in [0.05, 0.1) is 17.9 Å². The Morgan fingerprint density at radius 3 is 2.39 bits per heavy atom. The Kier molecular flexibility index (Phi) is 2.75. The first-order valence-corrected chi connectivity index (χ1v) is 10.5. The van der Waals surface area contributed by atoms with Crippen LogP contribution in [0.5, 0.6) is 11.5 Å². The van der Waals surface area contributed by atoms with Gasteiger partial charge in [0.25, 0.3) is 0 Å². The molecule has 1 aliphatic heterocycles. The molecule has 1 aliphatic rings. The number of para-hydroxylation sites is 2. The molecule has 0 bridgehead atoms. The summed E-state index contributed by atoms with van der Waals surface area (Å²) in [7, 11) is -1.37. The van der Waals surface area contributed by atoms with E-state index in [0.717, 1.165) is 11.5 Å².